The molecule has 2 rings (SSSR count). The maximum atomic E-state index is 12.9. The van der Waals surface area contributed by atoms with Gasteiger partial charge in [0, 0.05) is 10.9 Å². The SMILES string of the molecule is Cc1ncsc1C(O)Cc1ccc(F)cc1Br. The zero-order chi connectivity index (χ0) is 12.4. The molecule has 5 heteroatoms. The molecule has 1 unspecified atom stereocenters. The van der Waals surface area contributed by atoms with Gasteiger partial charge in [0.15, 0.2) is 0 Å². The van der Waals surface area contributed by atoms with Crippen LogP contribution in [0.25, 0.3) is 0 Å². The van der Waals surface area contributed by atoms with E-state index in [1.165, 1.54) is 23.5 Å². The first-order valence-electron chi connectivity index (χ1n) is 5.10. The van der Waals surface area contributed by atoms with Crippen molar-refractivity contribution in [2.75, 3.05) is 0 Å². The van der Waals surface area contributed by atoms with E-state index < -0.39 is 6.10 Å². The smallest absolute Gasteiger partial charge is 0.124 e. The third-order valence-corrected chi connectivity index (χ3v) is 4.28. The third-order valence-electron chi connectivity index (χ3n) is 2.51. The van der Waals surface area contributed by atoms with Gasteiger partial charge in [0.05, 0.1) is 22.2 Å². The molecule has 90 valence electrons. The van der Waals surface area contributed by atoms with Crippen LogP contribution in [0.3, 0.4) is 0 Å². The number of aliphatic hydroxyl groups excluding tert-OH is 1. The van der Waals surface area contributed by atoms with Crippen molar-refractivity contribution in [1.29, 1.82) is 0 Å². The van der Waals surface area contributed by atoms with Gasteiger partial charge in [0.1, 0.15) is 5.82 Å². The summed E-state index contributed by atoms with van der Waals surface area (Å²) < 4.78 is 13.6. The summed E-state index contributed by atoms with van der Waals surface area (Å²) in [6.07, 6.45) is -0.145. The lowest BCUT2D eigenvalue weighted by Gasteiger charge is -2.11. The van der Waals surface area contributed by atoms with Gasteiger partial charge in [0.25, 0.3) is 0 Å². The van der Waals surface area contributed by atoms with Gasteiger partial charge in [-0.1, -0.05) is 22.0 Å². The summed E-state index contributed by atoms with van der Waals surface area (Å²) in [6, 6.07) is 4.48. The summed E-state index contributed by atoms with van der Waals surface area (Å²) in [4.78, 5) is 4.96. The zero-order valence-electron chi connectivity index (χ0n) is 9.15. The van der Waals surface area contributed by atoms with E-state index in [0.717, 1.165) is 16.1 Å². The Kier molecular flexibility index (Phi) is 3.91. The van der Waals surface area contributed by atoms with Crippen LogP contribution in [-0.4, -0.2) is 10.1 Å². The number of halogens is 2. The molecule has 1 aromatic heterocycles. The molecule has 17 heavy (non-hydrogen) atoms. The van der Waals surface area contributed by atoms with E-state index in [1.54, 1.807) is 11.6 Å². The van der Waals surface area contributed by atoms with Crippen LogP contribution in [0, 0.1) is 12.7 Å². The predicted octanol–water partition coefficient (Wildman–Crippen LogP) is 3.63. The highest BCUT2D eigenvalue weighted by Crippen LogP contribution is 2.28. The van der Waals surface area contributed by atoms with Gasteiger partial charge in [-0.15, -0.1) is 11.3 Å². The van der Waals surface area contributed by atoms with Gasteiger partial charge < -0.3 is 5.11 Å². The van der Waals surface area contributed by atoms with Crippen LogP contribution in [0.2, 0.25) is 0 Å². The van der Waals surface area contributed by atoms with Gasteiger partial charge >= 0.3 is 0 Å². The lowest BCUT2D eigenvalue weighted by molar-refractivity contribution is 0.181. The second kappa shape index (κ2) is 5.25. The Hall–Kier alpha value is -0.780. The Morgan fingerprint density at radius 2 is 2.29 bits per heavy atom. The van der Waals surface area contributed by atoms with E-state index in [-0.39, 0.29) is 5.82 Å². The fraction of sp³-hybridized carbons (Fsp3) is 0.250. The van der Waals surface area contributed by atoms with Crippen LogP contribution in [-0.2, 0) is 6.42 Å². The largest absolute Gasteiger partial charge is 0.387 e. The molecule has 0 saturated carbocycles. The first-order chi connectivity index (χ1) is 8.08. The Balaban J connectivity index is 2.19. The molecule has 0 radical (unpaired) electrons. The van der Waals surface area contributed by atoms with E-state index in [2.05, 4.69) is 20.9 Å². The molecule has 0 spiro atoms. The quantitative estimate of drug-likeness (QED) is 0.938. The highest BCUT2D eigenvalue weighted by molar-refractivity contribution is 9.10. The van der Waals surface area contributed by atoms with Crippen LogP contribution in [0.5, 0.6) is 0 Å². The minimum absolute atomic E-state index is 0.288. The minimum atomic E-state index is -0.593. The van der Waals surface area contributed by atoms with Crippen LogP contribution in [0.15, 0.2) is 28.2 Å². The number of aliphatic hydroxyl groups is 1. The van der Waals surface area contributed by atoms with Crippen molar-refractivity contribution in [1.82, 2.24) is 4.98 Å². The Morgan fingerprint density at radius 1 is 1.53 bits per heavy atom. The molecular formula is C12H11BrFNOS. The fourth-order valence-corrected chi connectivity index (χ4v) is 2.92. The molecule has 0 amide bonds. The number of aromatic nitrogens is 1. The third kappa shape index (κ3) is 2.91. The van der Waals surface area contributed by atoms with Crippen molar-refractivity contribution in [2.45, 2.75) is 19.4 Å². The molecule has 1 N–H and O–H groups in total. The molecule has 0 aliphatic heterocycles. The van der Waals surface area contributed by atoms with Crippen LogP contribution < -0.4 is 0 Å². The summed E-state index contributed by atoms with van der Waals surface area (Å²) in [7, 11) is 0. The Labute approximate surface area is 111 Å². The summed E-state index contributed by atoms with van der Waals surface area (Å²) in [6.45, 7) is 1.87. The van der Waals surface area contributed by atoms with E-state index in [9.17, 15) is 9.50 Å². The summed E-state index contributed by atoms with van der Waals surface area (Å²) in [5.74, 6) is -0.288. The molecule has 0 aliphatic carbocycles. The molecule has 2 nitrogen and oxygen atoms in total. The number of benzene rings is 1. The fourth-order valence-electron chi connectivity index (χ4n) is 1.62. The first kappa shape index (κ1) is 12.7. The molecule has 1 aromatic carbocycles. The summed E-state index contributed by atoms with van der Waals surface area (Å²) >= 11 is 4.73. The highest BCUT2D eigenvalue weighted by Gasteiger charge is 2.15. The van der Waals surface area contributed by atoms with Crippen molar-refractivity contribution >= 4 is 27.3 Å². The topological polar surface area (TPSA) is 33.1 Å². The van der Waals surface area contributed by atoms with Crippen molar-refractivity contribution < 1.29 is 9.50 Å². The molecule has 0 aliphatic rings. The van der Waals surface area contributed by atoms with Crippen LogP contribution >= 0.6 is 27.3 Å². The standard InChI is InChI=1S/C12H11BrFNOS/c1-7-12(17-6-15-7)11(16)4-8-2-3-9(14)5-10(8)13/h2-3,5-6,11,16H,4H2,1H3. The van der Waals surface area contributed by atoms with Gasteiger partial charge in [-0.05, 0) is 24.6 Å². The predicted molar refractivity (Wildman–Crippen MR) is 69.6 cm³/mol. The average molecular weight is 316 g/mol. The second-order valence-electron chi connectivity index (χ2n) is 3.76. The van der Waals surface area contributed by atoms with E-state index in [4.69, 9.17) is 0 Å². The van der Waals surface area contributed by atoms with Gasteiger partial charge in [-0.2, -0.15) is 0 Å². The Bertz CT molecular complexity index is 529. The maximum absolute atomic E-state index is 12.9. The van der Waals surface area contributed by atoms with Crippen molar-refractivity contribution in [2.24, 2.45) is 0 Å². The minimum Gasteiger partial charge on any atom is -0.387 e. The maximum Gasteiger partial charge on any atom is 0.124 e. The lowest BCUT2D eigenvalue weighted by Crippen LogP contribution is -2.02. The van der Waals surface area contributed by atoms with Crippen molar-refractivity contribution in [3.8, 4) is 0 Å². The number of hydrogen-bond acceptors (Lipinski definition) is 3. The normalized spacial score (nSPS) is 12.7. The van der Waals surface area contributed by atoms with Gasteiger partial charge in [0.2, 0.25) is 0 Å². The summed E-state index contributed by atoms with van der Waals surface area (Å²) in [5, 5.41) is 10.1. The van der Waals surface area contributed by atoms with E-state index in [1.807, 2.05) is 6.92 Å². The molecule has 1 atom stereocenters. The molecular weight excluding hydrogens is 305 g/mol. The zero-order valence-corrected chi connectivity index (χ0v) is 11.6. The number of hydrogen-bond donors (Lipinski definition) is 1. The molecule has 0 bridgehead atoms. The number of rotatable bonds is 3. The molecule has 1 heterocycles. The monoisotopic (exact) mass is 315 g/mol. The van der Waals surface area contributed by atoms with Crippen molar-refractivity contribution in [3.63, 3.8) is 0 Å². The van der Waals surface area contributed by atoms with E-state index in [0.29, 0.717) is 10.9 Å². The molecule has 0 saturated heterocycles. The number of nitrogens with zero attached hydrogens (tertiary/aromatic N) is 1. The van der Waals surface area contributed by atoms with Crippen LogP contribution in [0.4, 0.5) is 4.39 Å². The second-order valence-corrected chi connectivity index (χ2v) is 5.50. The van der Waals surface area contributed by atoms with Gasteiger partial charge in [-0.3, -0.25) is 0 Å². The van der Waals surface area contributed by atoms with Gasteiger partial charge in [-0.25, -0.2) is 9.37 Å². The lowest BCUT2D eigenvalue weighted by atomic mass is 10.1. The number of aryl methyl sites for hydroxylation is 1. The van der Waals surface area contributed by atoms with Crippen LogP contribution in [0.1, 0.15) is 22.2 Å². The average Bonchev–Trinajstić information content (AvgIpc) is 2.68. The first-order valence-corrected chi connectivity index (χ1v) is 6.77. The molecule has 2 aromatic rings. The molecule has 0 fully saturated rings. The van der Waals surface area contributed by atoms with E-state index >= 15 is 0 Å². The number of thiazole rings is 1. The Morgan fingerprint density at radius 3 is 2.88 bits per heavy atom. The van der Waals surface area contributed by atoms with Crippen molar-refractivity contribution in [3.05, 3.63) is 50.1 Å². The summed E-state index contributed by atoms with van der Waals surface area (Å²) in [5.41, 5.74) is 3.44. The highest BCUT2D eigenvalue weighted by atomic mass is 79.9.